The molecule has 0 amide bonds. The van der Waals surface area contributed by atoms with Crippen LogP contribution in [-0.4, -0.2) is 36.1 Å². The van der Waals surface area contributed by atoms with Crippen molar-refractivity contribution >= 4 is 34.3 Å². The average Bonchev–Trinajstić information content (AvgIpc) is 3.24. The molecule has 0 aliphatic carbocycles. The van der Waals surface area contributed by atoms with Gasteiger partial charge in [-0.25, -0.2) is 9.67 Å². The molecule has 0 fully saturated rings. The number of hydrogen-bond acceptors (Lipinski definition) is 7. The molecule has 0 saturated carbocycles. The second kappa shape index (κ2) is 7.82. The number of benzene rings is 2. The van der Waals surface area contributed by atoms with Gasteiger partial charge in [0.1, 0.15) is 5.56 Å². The number of Topliss-reactive ketones (excluding diaryl/α,β-unsaturated/α-hetero) is 1. The van der Waals surface area contributed by atoms with E-state index >= 15 is 0 Å². The Hall–Kier alpha value is -3.34. The van der Waals surface area contributed by atoms with Crippen LogP contribution in [0.2, 0.25) is 0 Å². The van der Waals surface area contributed by atoms with Crippen molar-refractivity contribution in [1.29, 1.82) is 0 Å². The summed E-state index contributed by atoms with van der Waals surface area (Å²) in [6.07, 6.45) is 0. The third-order valence-electron chi connectivity index (χ3n) is 4.84. The van der Waals surface area contributed by atoms with E-state index < -0.39 is 0 Å². The second-order valence-electron chi connectivity index (χ2n) is 6.66. The van der Waals surface area contributed by atoms with Gasteiger partial charge >= 0.3 is 0 Å². The van der Waals surface area contributed by atoms with Crippen LogP contribution in [0.15, 0.2) is 58.5 Å². The Morgan fingerprint density at radius 1 is 1.27 bits per heavy atom. The van der Waals surface area contributed by atoms with E-state index in [2.05, 4.69) is 9.97 Å². The third-order valence-corrected chi connectivity index (χ3v) is 5.71. The SMILES string of the molecule is Cc1c(C(=O)CSc2nc3ccc(N([O-])O)cc3[nH]2)c(=O)n(-c2ccccc2)n1C. The average molecular weight is 424 g/mol. The van der Waals surface area contributed by atoms with Gasteiger partial charge in [-0.3, -0.25) is 19.5 Å². The summed E-state index contributed by atoms with van der Waals surface area (Å²) in [5.74, 6) is -0.273. The van der Waals surface area contributed by atoms with Gasteiger partial charge in [0, 0.05) is 12.7 Å². The molecule has 2 N–H and O–H groups in total. The standard InChI is InChI=1S/C20H18N5O4S/c1-12-18(19(27)24(23(12)2)13-6-4-3-5-7-13)17(26)11-30-20-21-15-9-8-14(25(28)29)10-16(15)22-20/h3-10,28H,11H2,1-2H3,(H,21,22)/q-1. The summed E-state index contributed by atoms with van der Waals surface area (Å²) in [6, 6.07) is 13.6. The first-order valence-corrected chi connectivity index (χ1v) is 10.0. The normalized spacial score (nSPS) is 11.2. The smallest absolute Gasteiger partial charge is 0.282 e. The fourth-order valence-electron chi connectivity index (χ4n) is 3.26. The lowest BCUT2D eigenvalue weighted by molar-refractivity contribution is 0.102. The van der Waals surface area contributed by atoms with Gasteiger partial charge in [-0.15, -0.1) is 0 Å². The van der Waals surface area contributed by atoms with Gasteiger partial charge in [0.15, 0.2) is 10.9 Å². The van der Waals surface area contributed by atoms with E-state index in [1.807, 2.05) is 30.3 Å². The minimum atomic E-state index is -0.362. The van der Waals surface area contributed by atoms with Gasteiger partial charge in [0.2, 0.25) is 0 Å². The van der Waals surface area contributed by atoms with Crippen molar-refractivity contribution in [2.75, 3.05) is 11.0 Å². The second-order valence-corrected chi connectivity index (χ2v) is 7.63. The van der Waals surface area contributed by atoms with E-state index in [0.717, 1.165) is 11.8 Å². The van der Waals surface area contributed by atoms with Gasteiger partial charge in [0.25, 0.3) is 5.56 Å². The molecular weight excluding hydrogens is 406 g/mol. The number of hydrogen-bond donors (Lipinski definition) is 2. The molecule has 0 aliphatic rings. The minimum Gasteiger partial charge on any atom is -0.733 e. The zero-order valence-corrected chi connectivity index (χ0v) is 17.0. The molecule has 9 nitrogen and oxygen atoms in total. The van der Waals surface area contributed by atoms with E-state index in [9.17, 15) is 14.8 Å². The number of aromatic nitrogens is 4. The van der Waals surface area contributed by atoms with E-state index in [4.69, 9.17) is 5.21 Å². The number of nitrogens with zero attached hydrogens (tertiary/aromatic N) is 4. The largest absolute Gasteiger partial charge is 0.733 e. The van der Waals surface area contributed by atoms with Crippen LogP contribution in [0, 0.1) is 12.1 Å². The van der Waals surface area contributed by atoms with Crippen LogP contribution in [0.25, 0.3) is 16.7 Å². The van der Waals surface area contributed by atoms with Gasteiger partial charge in [-0.05, 0) is 37.3 Å². The van der Waals surface area contributed by atoms with Crippen LogP contribution < -0.4 is 10.8 Å². The number of ketones is 1. The maximum absolute atomic E-state index is 12.9. The lowest BCUT2D eigenvalue weighted by Gasteiger charge is -2.20. The first-order valence-electron chi connectivity index (χ1n) is 9.02. The Morgan fingerprint density at radius 2 is 2.00 bits per heavy atom. The molecule has 4 rings (SSSR count). The monoisotopic (exact) mass is 424 g/mol. The number of nitrogens with one attached hydrogen (secondary N) is 1. The highest BCUT2D eigenvalue weighted by molar-refractivity contribution is 7.99. The molecule has 2 aromatic carbocycles. The summed E-state index contributed by atoms with van der Waals surface area (Å²) in [6.45, 7) is 1.74. The van der Waals surface area contributed by atoms with Crippen molar-refractivity contribution in [2.45, 2.75) is 12.1 Å². The van der Waals surface area contributed by atoms with Crippen molar-refractivity contribution in [3.8, 4) is 5.69 Å². The maximum atomic E-state index is 12.9. The Kier molecular flexibility index (Phi) is 5.20. The number of carbonyl (C=O) groups is 1. The fourth-order valence-corrected chi connectivity index (χ4v) is 4.01. The molecule has 154 valence electrons. The van der Waals surface area contributed by atoms with E-state index in [0.29, 0.717) is 27.6 Å². The van der Waals surface area contributed by atoms with Gasteiger partial charge in [-0.2, -0.15) is 0 Å². The van der Waals surface area contributed by atoms with E-state index in [1.165, 1.54) is 16.8 Å². The highest BCUT2D eigenvalue weighted by Crippen LogP contribution is 2.24. The van der Waals surface area contributed by atoms with E-state index in [1.54, 1.807) is 24.7 Å². The van der Waals surface area contributed by atoms with E-state index in [-0.39, 0.29) is 33.6 Å². The third kappa shape index (κ3) is 3.52. The van der Waals surface area contributed by atoms with Crippen LogP contribution in [0.1, 0.15) is 16.1 Å². The predicted octanol–water partition coefficient (Wildman–Crippen LogP) is 3.03. The lowest BCUT2D eigenvalue weighted by Crippen LogP contribution is -2.23. The summed E-state index contributed by atoms with van der Waals surface area (Å²) in [4.78, 5) is 33.1. The highest BCUT2D eigenvalue weighted by atomic mass is 32.2. The van der Waals surface area contributed by atoms with Gasteiger partial charge < -0.3 is 15.4 Å². The van der Waals surface area contributed by atoms with Crippen molar-refractivity contribution in [3.63, 3.8) is 0 Å². The van der Waals surface area contributed by atoms with Crippen LogP contribution in [0.3, 0.4) is 0 Å². The molecule has 30 heavy (non-hydrogen) atoms. The molecule has 4 aromatic rings. The first-order chi connectivity index (χ1) is 14.4. The van der Waals surface area contributed by atoms with Crippen molar-refractivity contribution in [3.05, 3.63) is 75.3 Å². The number of anilines is 1. The molecule has 0 radical (unpaired) electrons. The molecule has 10 heteroatoms. The quantitative estimate of drug-likeness (QED) is 0.277. The lowest BCUT2D eigenvalue weighted by atomic mass is 10.2. The van der Waals surface area contributed by atoms with Gasteiger partial charge in [0.05, 0.1) is 28.2 Å². The molecule has 2 aromatic heterocycles. The number of imidazole rings is 1. The van der Waals surface area contributed by atoms with Gasteiger partial charge in [-0.1, -0.05) is 30.0 Å². The summed E-state index contributed by atoms with van der Waals surface area (Å²) in [7, 11) is 1.74. The Labute approximate surface area is 175 Å². The number of carbonyl (C=O) groups excluding carboxylic acids is 1. The summed E-state index contributed by atoms with van der Waals surface area (Å²) in [5.41, 5.74) is 2.28. The number of aromatic amines is 1. The Morgan fingerprint density at radius 3 is 2.70 bits per heavy atom. The Balaban J connectivity index is 1.58. The molecule has 2 heterocycles. The summed E-state index contributed by atoms with van der Waals surface area (Å²) >= 11 is 1.16. The molecule has 0 atom stereocenters. The number of para-hydroxylation sites is 1. The molecule has 0 bridgehead atoms. The number of fused-ring (bicyclic) bond motifs is 1. The molecule has 0 saturated heterocycles. The van der Waals surface area contributed by atoms with Crippen molar-refractivity contribution < 1.29 is 10.0 Å². The zero-order valence-electron chi connectivity index (χ0n) is 16.2. The van der Waals surface area contributed by atoms with Crippen LogP contribution >= 0.6 is 11.8 Å². The molecule has 0 unspecified atom stereocenters. The number of H-pyrrole nitrogens is 1. The number of rotatable bonds is 6. The summed E-state index contributed by atoms with van der Waals surface area (Å²) < 4.78 is 3.14. The van der Waals surface area contributed by atoms with Crippen LogP contribution in [0.5, 0.6) is 0 Å². The minimum absolute atomic E-state index is 0.0231. The number of thioether (sulfide) groups is 1. The first kappa shape index (κ1) is 20.0. The molecule has 0 aliphatic heterocycles. The zero-order chi connectivity index (χ0) is 21.4. The topological polar surface area (TPSA) is 119 Å². The van der Waals surface area contributed by atoms with Crippen LogP contribution in [0.4, 0.5) is 5.69 Å². The van der Waals surface area contributed by atoms with Crippen molar-refractivity contribution in [1.82, 2.24) is 19.3 Å². The maximum Gasteiger partial charge on any atom is 0.282 e. The molecule has 0 spiro atoms. The highest BCUT2D eigenvalue weighted by Gasteiger charge is 2.22. The van der Waals surface area contributed by atoms with Crippen molar-refractivity contribution in [2.24, 2.45) is 7.05 Å². The summed E-state index contributed by atoms with van der Waals surface area (Å²) in [5, 5.41) is 20.3. The Bertz CT molecular complexity index is 1290. The predicted molar refractivity (Wildman–Crippen MR) is 115 cm³/mol. The fraction of sp³-hybridized carbons (Fsp3) is 0.150. The molecular formula is C20H18N5O4S-. The van der Waals surface area contributed by atoms with Crippen LogP contribution in [-0.2, 0) is 7.05 Å².